The Kier molecular flexibility index (Phi) is 8.02. The van der Waals surface area contributed by atoms with E-state index in [1.165, 1.54) is 12.8 Å². The SMILES string of the molecule is COc1c(NC(=O)c2ccc(C)c(N3CC(c4cnn(C5CC5)c4C(C)C)N=N3)c2)cc(C(C)(C)C)cc1NS(C)(=O)=O. The Morgan fingerprint density at radius 2 is 1.81 bits per heavy atom. The van der Waals surface area contributed by atoms with Gasteiger partial charge in [-0.3, -0.25) is 14.2 Å². The van der Waals surface area contributed by atoms with E-state index in [1.54, 1.807) is 18.2 Å². The first kappa shape index (κ1) is 30.5. The molecule has 2 N–H and O–H groups in total. The molecule has 2 aromatic carbocycles. The van der Waals surface area contributed by atoms with Gasteiger partial charge in [-0.05, 0) is 66.5 Å². The van der Waals surface area contributed by atoms with Crippen LogP contribution in [-0.2, 0) is 15.4 Å². The van der Waals surface area contributed by atoms with Crippen molar-refractivity contribution in [3.63, 3.8) is 0 Å². The topological polar surface area (TPSA) is 130 Å². The van der Waals surface area contributed by atoms with Gasteiger partial charge < -0.3 is 10.1 Å². The van der Waals surface area contributed by atoms with Crippen molar-refractivity contribution in [1.82, 2.24) is 9.78 Å². The number of amides is 1. The van der Waals surface area contributed by atoms with E-state index in [4.69, 9.17) is 9.84 Å². The van der Waals surface area contributed by atoms with E-state index >= 15 is 0 Å². The molecule has 3 aromatic rings. The van der Waals surface area contributed by atoms with Gasteiger partial charge in [-0.1, -0.05) is 45.9 Å². The van der Waals surface area contributed by atoms with Crippen LogP contribution in [-0.4, -0.2) is 44.0 Å². The molecule has 0 radical (unpaired) electrons. The summed E-state index contributed by atoms with van der Waals surface area (Å²) in [4.78, 5) is 13.6. The van der Waals surface area contributed by atoms with Crippen molar-refractivity contribution in [2.75, 3.05) is 35.0 Å². The molecule has 1 amide bonds. The number of benzene rings is 2. The monoisotopic (exact) mass is 607 g/mol. The molecule has 2 aliphatic rings. The average Bonchev–Trinajstić information content (AvgIpc) is 3.46. The average molecular weight is 608 g/mol. The van der Waals surface area contributed by atoms with Crippen molar-refractivity contribution in [2.45, 2.75) is 77.8 Å². The molecule has 0 spiro atoms. The number of rotatable bonds is 9. The molecular weight excluding hydrogens is 566 g/mol. The van der Waals surface area contributed by atoms with E-state index < -0.39 is 10.0 Å². The largest absolute Gasteiger partial charge is 0.492 e. The molecule has 1 aliphatic heterocycles. The lowest BCUT2D eigenvalue weighted by Crippen LogP contribution is -2.20. The summed E-state index contributed by atoms with van der Waals surface area (Å²) < 4.78 is 34.4. The third-order valence-corrected chi connectivity index (χ3v) is 8.35. The molecule has 2 heterocycles. The van der Waals surface area contributed by atoms with Crippen molar-refractivity contribution in [1.29, 1.82) is 0 Å². The Hall–Kier alpha value is -3.93. The number of carbonyl (C=O) groups is 1. The van der Waals surface area contributed by atoms with Gasteiger partial charge in [0.15, 0.2) is 5.75 Å². The zero-order valence-electron chi connectivity index (χ0n) is 26.1. The van der Waals surface area contributed by atoms with Crippen LogP contribution in [0.25, 0.3) is 0 Å². The first-order chi connectivity index (χ1) is 20.2. The molecule has 11 nitrogen and oxygen atoms in total. The van der Waals surface area contributed by atoms with Crippen LogP contribution in [0.4, 0.5) is 17.1 Å². The maximum atomic E-state index is 13.6. The van der Waals surface area contributed by atoms with E-state index in [0.717, 1.165) is 41.5 Å². The van der Waals surface area contributed by atoms with E-state index in [9.17, 15) is 13.2 Å². The minimum atomic E-state index is -3.59. The van der Waals surface area contributed by atoms with E-state index in [1.807, 2.05) is 51.0 Å². The van der Waals surface area contributed by atoms with Crippen LogP contribution in [0.5, 0.6) is 5.75 Å². The smallest absolute Gasteiger partial charge is 0.255 e. The summed E-state index contributed by atoms with van der Waals surface area (Å²) in [5, 5.41) is 18.6. The van der Waals surface area contributed by atoms with Gasteiger partial charge in [0.05, 0.1) is 49.2 Å². The third-order valence-electron chi connectivity index (χ3n) is 7.76. The first-order valence-electron chi connectivity index (χ1n) is 14.5. The molecule has 1 aromatic heterocycles. The van der Waals surface area contributed by atoms with Crippen LogP contribution < -0.4 is 19.8 Å². The number of anilines is 3. The summed E-state index contributed by atoms with van der Waals surface area (Å²) in [7, 11) is -2.16. The van der Waals surface area contributed by atoms with Crippen LogP contribution in [0.3, 0.4) is 0 Å². The van der Waals surface area contributed by atoms with Crippen LogP contribution in [0.15, 0.2) is 46.9 Å². The number of carbonyl (C=O) groups excluding carboxylic acids is 1. The van der Waals surface area contributed by atoms with Crippen LogP contribution in [0.1, 0.15) is 98.2 Å². The number of ether oxygens (including phenoxy) is 1. The standard InChI is InChI=1S/C31H41N7O4S/c1-18(2)28-23(16-32-38(28)22-11-12-22)26-17-37(36-34-26)27-13-20(10-9-19(27)3)30(39)33-24-14-21(31(4,5)6)15-25(29(24)42-7)35-43(8,40)41/h9-10,13-16,18,22,26,35H,11-12,17H2,1-8H3,(H,33,39). The number of hydrogen-bond donors (Lipinski definition) is 2. The van der Waals surface area contributed by atoms with Crippen molar-refractivity contribution in [2.24, 2.45) is 10.3 Å². The maximum Gasteiger partial charge on any atom is 0.255 e. The molecule has 12 heteroatoms. The predicted molar refractivity (Wildman–Crippen MR) is 169 cm³/mol. The molecule has 1 aliphatic carbocycles. The van der Waals surface area contributed by atoms with Gasteiger partial charge in [-0.2, -0.15) is 10.2 Å². The second-order valence-corrected chi connectivity index (χ2v) is 14.6. The lowest BCUT2D eigenvalue weighted by molar-refractivity contribution is 0.102. The van der Waals surface area contributed by atoms with Gasteiger partial charge in [-0.25, -0.2) is 13.4 Å². The van der Waals surface area contributed by atoms with E-state index in [0.29, 0.717) is 29.8 Å². The van der Waals surface area contributed by atoms with Gasteiger partial charge in [0.2, 0.25) is 10.0 Å². The Morgan fingerprint density at radius 3 is 2.42 bits per heavy atom. The molecule has 0 bridgehead atoms. The molecule has 1 atom stereocenters. The lowest BCUT2D eigenvalue weighted by atomic mass is 9.86. The normalized spacial score (nSPS) is 17.0. The second kappa shape index (κ2) is 11.3. The molecule has 1 unspecified atom stereocenters. The van der Waals surface area contributed by atoms with Crippen LogP contribution in [0.2, 0.25) is 0 Å². The van der Waals surface area contributed by atoms with Crippen molar-refractivity contribution >= 4 is 33.0 Å². The Bertz CT molecular complexity index is 1680. The second-order valence-electron chi connectivity index (χ2n) is 12.8. The quantitative estimate of drug-likeness (QED) is 0.285. The number of nitrogens with zero attached hydrogens (tertiary/aromatic N) is 5. The van der Waals surface area contributed by atoms with Crippen molar-refractivity contribution < 1.29 is 17.9 Å². The van der Waals surface area contributed by atoms with E-state index in [2.05, 4.69) is 38.9 Å². The fourth-order valence-electron chi connectivity index (χ4n) is 5.39. The molecule has 0 saturated heterocycles. The van der Waals surface area contributed by atoms with Crippen LogP contribution in [0, 0.1) is 6.92 Å². The summed E-state index contributed by atoms with van der Waals surface area (Å²) in [6.07, 6.45) is 5.33. The summed E-state index contributed by atoms with van der Waals surface area (Å²) in [6.45, 7) is 12.9. The number of nitrogens with one attached hydrogen (secondary N) is 2. The molecular formula is C31H41N7O4S. The first-order valence-corrected chi connectivity index (χ1v) is 16.4. The highest BCUT2D eigenvalue weighted by atomic mass is 32.2. The minimum absolute atomic E-state index is 0.146. The molecule has 43 heavy (non-hydrogen) atoms. The number of aryl methyl sites for hydroxylation is 1. The van der Waals surface area contributed by atoms with Gasteiger partial charge >= 0.3 is 0 Å². The molecule has 1 fully saturated rings. The third kappa shape index (κ3) is 6.53. The number of hydrogen-bond acceptors (Lipinski definition) is 8. The Balaban J connectivity index is 1.41. The highest BCUT2D eigenvalue weighted by molar-refractivity contribution is 7.92. The number of sulfonamides is 1. The highest BCUT2D eigenvalue weighted by Gasteiger charge is 2.33. The van der Waals surface area contributed by atoms with Crippen molar-refractivity contribution in [3.05, 3.63) is 64.5 Å². The van der Waals surface area contributed by atoms with Gasteiger partial charge in [0.25, 0.3) is 5.91 Å². The van der Waals surface area contributed by atoms with Gasteiger partial charge in [-0.15, -0.1) is 0 Å². The maximum absolute atomic E-state index is 13.6. The van der Waals surface area contributed by atoms with Crippen LogP contribution >= 0.6 is 0 Å². The Morgan fingerprint density at radius 1 is 1.12 bits per heavy atom. The lowest BCUT2D eigenvalue weighted by Gasteiger charge is -2.24. The Labute approximate surface area is 253 Å². The van der Waals surface area contributed by atoms with Crippen molar-refractivity contribution in [3.8, 4) is 5.75 Å². The zero-order valence-corrected chi connectivity index (χ0v) is 26.9. The zero-order chi connectivity index (χ0) is 31.3. The predicted octanol–water partition coefficient (Wildman–Crippen LogP) is 6.51. The number of aromatic nitrogens is 2. The van der Waals surface area contributed by atoms with E-state index in [-0.39, 0.29) is 28.8 Å². The summed E-state index contributed by atoms with van der Waals surface area (Å²) >= 11 is 0. The van der Waals surface area contributed by atoms with Gasteiger partial charge in [0, 0.05) is 16.8 Å². The summed E-state index contributed by atoms with van der Waals surface area (Å²) in [6, 6.07) is 9.33. The molecule has 1 saturated carbocycles. The fourth-order valence-corrected chi connectivity index (χ4v) is 5.94. The summed E-state index contributed by atoms with van der Waals surface area (Å²) in [5.41, 5.74) is 5.61. The molecule has 5 rings (SSSR count). The highest BCUT2D eigenvalue weighted by Crippen LogP contribution is 2.42. The van der Waals surface area contributed by atoms with Gasteiger partial charge in [0.1, 0.15) is 6.04 Å². The summed E-state index contributed by atoms with van der Waals surface area (Å²) in [5.74, 6) is 0.178. The number of methoxy groups -OCH3 is 1. The fraction of sp³-hybridized carbons (Fsp3) is 0.484. The minimum Gasteiger partial charge on any atom is -0.492 e. The molecule has 230 valence electrons.